The van der Waals surface area contributed by atoms with Crippen molar-refractivity contribution >= 4 is 30.1 Å². The molecule has 0 saturated heterocycles. The Morgan fingerprint density at radius 2 is 1.81 bits per heavy atom. The number of hydrogen-bond acceptors (Lipinski definition) is 4. The van der Waals surface area contributed by atoms with E-state index in [-0.39, 0.29) is 29.5 Å². The van der Waals surface area contributed by atoms with E-state index in [1.807, 2.05) is 24.3 Å². The number of carbonyl (C=O) groups excluding carboxylic acids is 2. The van der Waals surface area contributed by atoms with Crippen molar-refractivity contribution in [3.63, 3.8) is 0 Å². The van der Waals surface area contributed by atoms with Gasteiger partial charge in [-0.1, -0.05) is 73.8 Å². The van der Waals surface area contributed by atoms with Gasteiger partial charge in [-0.25, -0.2) is 0 Å². The maximum absolute atomic E-state index is 13.1. The molecule has 2 aromatic carbocycles. The van der Waals surface area contributed by atoms with Gasteiger partial charge in [0, 0.05) is 23.9 Å². The van der Waals surface area contributed by atoms with E-state index in [2.05, 4.69) is 42.9 Å². The van der Waals surface area contributed by atoms with Crippen molar-refractivity contribution in [2.75, 3.05) is 13.2 Å². The largest absolute Gasteiger partial charge is 0.465 e. The first-order chi connectivity index (χ1) is 17.5. The number of unbranched alkanes of at least 4 members (excludes halogenated alkanes) is 2. The summed E-state index contributed by atoms with van der Waals surface area (Å²) in [5.74, 6) is 0.434. The summed E-state index contributed by atoms with van der Waals surface area (Å²) in [5.41, 5.74) is 3.55. The second-order valence-corrected chi connectivity index (χ2v) is 10.3. The molecule has 0 spiro atoms. The summed E-state index contributed by atoms with van der Waals surface area (Å²) in [6, 6.07) is 16.3. The van der Waals surface area contributed by atoms with Crippen LogP contribution in [0.3, 0.4) is 0 Å². The van der Waals surface area contributed by atoms with E-state index < -0.39 is 0 Å². The van der Waals surface area contributed by atoms with E-state index in [9.17, 15) is 9.59 Å². The number of ketones is 1. The SMILES string of the molecule is C=NCCCCCC(CCCOC(=O)C1CC1c1ccc(CC)cc1)C(=O)CCc1ccccc1Cl. The maximum atomic E-state index is 13.1. The van der Waals surface area contributed by atoms with Crippen LogP contribution in [0, 0.1) is 11.8 Å². The molecule has 0 heterocycles. The van der Waals surface area contributed by atoms with Crippen LogP contribution in [-0.2, 0) is 27.2 Å². The summed E-state index contributed by atoms with van der Waals surface area (Å²) in [6.45, 7) is 6.83. The van der Waals surface area contributed by atoms with Gasteiger partial charge < -0.3 is 9.73 Å². The smallest absolute Gasteiger partial charge is 0.309 e. The van der Waals surface area contributed by atoms with E-state index >= 15 is 0 Å². The monoisotopic (exact) mass is 509 g/mol. The van der Waals surface area contributed by atoms with Gasteiger partial charge in [-0.05, 0) is 80.3 Å². The lowest BCUT2D eigenvalue weighted by molar-refractivity contribution is -0.145. The highest BCUT2D eigenvalue weighted by Crippen LogP contribution is 2.48. The van der Waals surface area contributed by atoms with E-state index in [4.69, 9.17) is 16.3 Å². The maximum Gasteiger partial charge on any atom is 0.309 e. The molecule has 0 N–H and O–H groups in total. The Morgan fingerprint density at radius 3 is 2.53 bits per heavy atom. The van der Waals surface area contributed by atoms with E-state index in [0.29, 0.717) is 30.9 Å². The molecule has 1 saturated carbocycles. The lowest BCUT2D eigenvalue weighted by Crippen LogP contribution is -2.17. The predicted molar refractivity (Wildman–Crippen MR) is 148 cm³/mol. The first-order valence-corrected chi connectivity index (χ1v) is 13.8. The van der Waals surface area contributed by atoms with Gasteiger partial charge in [-0.3, -0.25) is 9.59 Å². The molecule has 5 heteroatoms. The van der Waals surface area contributed by atoms with Gasteiger partial charge in [0.15, 0.2) is 0 Å². The Labute approximate surface area is 221 Å². The molecule has 2 aromatic rings. The summed E-state index contributed by atoms with van der Waals surface area (Å²) >= 11 is 6.27. The molecule has 3 rings (SSSR count). The first-order valence-electron chi connectivity index (χ1n) is 13.5. The second kappa shape index (κ2) is 14.9. The Morgan fingerprint density at radius 1 is 1.06 bits per heavy atom. The van der Waals surface area contributed by atoms with Crippen LogP contribution >= 0.6 is 11.6 Å². The summed E-state index contributed by atoms with van der Waals surface area (Å²) in [6.07, 6.45) is 8.42. The molecule has 3 atom stereocenters. The molecule has 0 amide bonds. The zero-order chi connectivity index (χ0) is 25.8. The van der Waals surface area contributed by atoms with Crippen molar-refractivity contribution in [2.24, 2.45) is 16.8 Å². The normalized spacial score (nSPS) is 17.4. The lowest BCUT2D eigenvalue weighted by atomic mass is 9.89. The summed E-state index contributed by atoms with van der Waals surface area (Å²) in [4.78, 5) is 29.5. The fraction of sp³-hybridized carbons (Fsp3) is 0.516. The van der Waals surface area contributed by atoms with Crippen molar-refractivity contribution in [3.8, 4) is 0 Å². The fourth-order valence-corrected chi connectivity index (χ4v) is 5.08. The molecule has 194 valence electrons. The summed E-state index contributed by atoms with van der Waals surface area (Å²) < 4.78 is 5.61. The van der Waals surface area contributed by atoms with E-state index in [0.717, 1.165) is 57.1 Å². The zero-order valence-corrected chi connectivity index (χ0v) is 22.3. The average Bonchev–Trinajstić information content (AvgIpc) is 3.70. The highest BCUT2D eigenvalue weighted by atomic mass is 35.5. The first kappa shape index (κ1) is 28.1. The zero-order valence-electron chi connectivity index (χ0n) is 21.6. The van der Waals surface area contributed by atoms with Crippen LogP contribution in [0.1, 0.15) is 80.9 Å². The number of hydrogen-bond donors (Lipinski definition) is 0. The third kappa shape index (κ3) is 8.89. The Kier molecular flexibility index (Phi) is 11.7. The molecule has 1 aliphatic carbocycles. The highest BCUT2D eigenvalue weighted by molar-refractivity contribution is 6.31. The third-order valence-corrected chi connectivity index (χ3v) is 7.64. The Balaban J connectivity index is 1.42. The number of esters is 1. The van der Waals surface area contributed by atoms with Crippen molar-refractivity contribution in [1.29, 1.82) is 0 Å². The molecular formula is C31H40ClNO3. The lowest BCUT2D eigenvalue weighted by Gasteiger charge is -2.16. The van der Waals surface area contributed by atoms with Crippen LogP contribution in [0.2, 0.25) is 5.02 Å². The van der Waals surface area contributed by atoms with Gasteiger partial charge >= 0.3 is 5.97 Å². The average molecular weight is 510 g/mol. The summed E-state index contributed by atoms with van der Waals surface area (Å²) in [7, 11) is 0. The molecule has 1 fully saturated rings. The Hall–Kier alpha value is -2.46. The van der Waals surface area contributed by atoms with Crippen LogP contribution in [-0.4, -0.2) is 31.6 Å². The number of halogens is 1. The topological polar surface area (TPSA) is 55.7 Å². The number of aryl methyl sites for hydroxylation is 2. The van der Waals surface area contributed by atoms with Gasteiger partial charge in [-0.2, -0.15) is 0 Å². The van der Waals surface area contributed by atoms with Crippen LogP contribution in [0.25, 0.3) is 0 Å². The van der Waals surface area contributed by atoms with Crippen LogP contribution in [0.4, 0.5) is 0 Å². The number of benzene rings is 2. The molecule has 0 aliphatic heterocycles. The Bertz CT molecular complexity index is 988. The van der Waals surface area contributed by atoms with E-state index in [1.54, 1.807) is 0 Å². The highest BCUT2D eigenvalue weighted by Gasteiger charge is 2.45. The summed E-state index contributed by atoms with van der Waals surface area (Å²) in [5, 5.41) is 0.713. The molecule has 0 bridgehead atoms. The number of rotatable bonds is 17. The minimum Gasteiger partial charge on any atom is -0.465 e. The van der Waals surface area contributed by atoms with Crippen LogP contribution in [0.15, 0.2) is 53.5 Å². The van der Waals surface area contributed by atoms with Gasteiger partial charge in [-0.15, -0.1) is 0 Å². The molecule has 36 heavy (non-hydrogen) atoms. The molecular weight excluding hydrogens is 470 g/mol. The number of Topliss-reactive ketones (excluding diaryl/α,β-unsaturated/α-hetero) is 1. The van der Waals surface area contributed by atoms with Gasteiger partial charge in [0.25, 0.3) is 0 Å². The minimum atomic E-state index is -0.0990. The molecule has 4 nitrogen and oxygen atoms in total. The third-order valence-electron chi connectivity index (χ3n) is 7.27. The molecule has 1 aliphatic rings. The standard InChI is InChI=1S/C31H40ClNO3/c1-3-23-14-16-24(17-15-23)27-22-28(27)31(35)36-21-9-12-26(11-5-4-8-20-33-2)30(34)19-18-25-10-6-7-13-29(25)32/h6-7,10,13-17,26-28H,2-5,8-9,11-12,18-22H2,1H3. The quantitative estimate of drug-likeness (QED) is 0.127. The van der Waals surface area contributed by atoms with Gasteiger partial charge in [0.05, 0.1) is 12.5 Å². The molecule has 0 aromatic heterocycles. The van der Waals surface area contributed by atoms with Crippen molar-refractivity contribution in [3.05, 3.63) is 70.2 Å². The van der Waals surface area contributed by atoms with Crippen LogP contribution in [0.5, 0.6) is 0 Å². The van der Waals surface area contributed by atoms with E-state index in [1.165, 1.54) is 11.1 Å². The number of ether oxygens (including phenoxy) is 1. The number of carbonyl (C=O) groups is 2. The second-order valence-electron chi connectivity index (χ2n) is 9.90. The van der Waals surface area contributed by atoms with Crippen molar-refractivity contribution < 1.29 is 14.3 Å². The van der Waals surface area contributed by atoms with Crippen LogP contribution < -0.4 is 0 Å². The fourth-order valence-electron chi connectivity index (χ4n) is 4.85. The van der Waals surface area contributed by atoms with Crippen molar-refractivity contribution in [1.82, 2.24) is 0 Å². The number of nitrogens with zero attached hydrogens (tertiary/aromatic N) is 1. The molecule has 3 unspecified atom stereocenters. The van der Waals surface area contributed by atoms with Gasteiger partial charge in [0.2, 0.25) is 0 Å². The predicted octanol–water partition coefficient (Wildman–Crippen LogP) is 7.41. The minimum absolute atomic E-state index is 0.00589. The molecule has 0 radical (unpaired) electrons. The van der Waals surface area contributed by atoms with Crippen molar-refractivity contribution in [2.45, 2.75) is 77.0 Å². The van der Waals surface area contributed by atoms with Gasteiger partial charge in [0.1, 0.15) is 5.78 Å². The number of aliphatic imine (C=N–C) groups is 1.